The topological polar surface area (TPSA) is 86.8 Å². The van der Waals surface area contributed by atoms with Crippen LogP contribution in [0.25, 0.3) is 10.8 Å². The maximum absolute atomic E-state index is 12.3. The third-order valence-electron chi connectivity index (χ3n) is 2.92. The summed E-state index contributed by atoms with van der Waals surface area (Å²) >= 11 is 1.34. The Labute approximate surface area is 126 Å². The van der Waals surface area contributed by atoms with E-state index in [1.807, 2.05) is 19.1 Å². The summed E-state index contributed by atoms with van der Waals surface area (Å²) in [6.07, 6.45) is 0.472. The van der Waals surface area contributed by atoms with Gasteiger partial charge in [0, 0.05) is 25.1 Å². The van der Waals surface area contributed by atoms with Crippen molar-refractivity contribution in [3.63, 3.8) is 0 Å². The summed E-state index contributed by atoms with van der Waals surface area (Å²) in [5, 5.41) is 20.2. The van der Waals surface area contributed by atoms with Gasteiger partial charge in [-0.2, -0.15) is 0 Å². The Bertz CT molecular complexity index is 593. The zero-order chi connectivity index (χ0) is 15.2. The minimum atomic E-state index is -0.247. The van der Waals surface area contributed by atoms with Gasteiger partial charge in [0.15, 0.2) is 10.8 Å². The van der Waals surface area contributed by atoms with Crippen LogP contribution in [0.3, 0.4) is 0 Å². The second-order valence-electron chi connectivity index (χ2n) is 4.54. The van der Waals surface area contributed by atoms with Crippen molar-refractivity contribution in [3.05, 3.63) is 29.0 Å². The van der Waals surface area contributed by atoms with Crippen molar-refractivity contribution in [3.8, 4) is 10.8 Å². The highest BCUT2D eigenvalue weighted by atomic mass is 32.1. The van der Waals surface area contributed by atoms with Crippen molar-refractivity contribution in [2.24, 2.45) is 0 Å². The molecular weight excluding hydrogens is 292 g/mol. The van der Waals surface area contributed by atoms with Crippen molar-refractivity contribution >= 4 is 17.2 Å². The minimum absolute atomic E-state index is 0.00317. The number of aliphatic hydroxyl groups is 2. The third-order valence-corrected chi connectivity index (χ3v) is 3.77. The van der Waals surface area contributed by atoms with Crippen LogP contribution < -0.4 is 0 Å². The molecule has 0 bridgehead atoms. The Morgan fingerprint density at radius 1 is 1.33 bits per heavy atom. The smallest absolute Gasteiger partial charge is 0.273 e. The van der Waals surface area contributed by atoms with Gasteiger partial charge in [0.2, 0.25) is 0 Å². The van der Waals surface area contributed by atoms with Gasteiger partial charge < -0.3 is 19.5 Å². The number of hydrogen-bond acceptors (Lipinski definition) is 6. The fraction of sp³-hybridized carbons (Fsp3) is 0.429. The van der Waals surface area contributed by atoms with E-state index >= 15 is 0 Å². The lowest BCUT2D eigenvalue weighted by molar-refractivity contribution is 0.0705. The maximum Gasteiger partial charge on any atom is 0.273 e. The number of carbonyl (C=O) groups is 1. The van der Waals surface area contributed by atoms with E-state index < -0.39 is 0 Å². The molecule has 2 aromatic rings. The SMILES string of the molecule is Cc1ccc(-c2nc(C(=O)N(CCO)CCCO)cs2)o1. The fourth-order valence-corrected chi connectivity index (χ4v) is 2.65. The van der Waals surface area contributed by atoms with Crippen molar-refractivity contribution in [1.82, 2.24) is 9.88 Å². The number of thiazole rings is 1. The van der Waals surface area contributed by atoms with Gasteiger partial charge in [-0.15, -0.1) is 11.3 Å². The molecule has 2 rings (SSSR count). The van der Waals surface area contributed by atoms with Gasteiger partial charge in [-0.3, -0.25) is 4.79 Å². The van der Waals surface area contributed by atoms with Crippen LogP contribution in [-0.4, -0.2) is 52.3 Å². The van der Waals surface area contributed by atoms with Gasteiger partial charge in [0.25, 0.3) is 5.91 Å². The predicted octanol–water partition coefficient (Wildman–Crippen LogP) is 1.53. The molecule has 0 aliphatic heterocycles. The summed E-state index contributed by atoms with van der Waals surface area (Å²) in [7, 11) is 0. The lowest BCUT2D eigenvalue weighted by Gasteiger charge is -2.20. The number of rotatable bonds is 7. The van der Waals surface area contributed by atoms with Gasteiger partial charge in [0.05, 0.1) is 6.61 Å². The Morgan fingerprint density at radius 3 is 2.76 bits per heavy atom. The first kappa shape index (κ1) is 15.7. The Balaban J connectivity index is 2.13. The van der Waals surface area contributed by atoms with Crippen LogP contribution in [0.5, 0.6) is 0 Å². The first-order valence-corrected chi connectivity index (χ1v) is 7.57. The van der Waals surface area contributed by atoms with E-state index in [0.29, 0.717) is 29.4 Å². The van der Waals surface area contributed by atoms with E-state index in [4.69, 9.17) is 14.6 Å². The molecule has 2 heterocycles. The normalized spacial score (nSPS) is 10.8. The maximum atomic E-state index is 12.3. The molecule has 6 nitrogen and oxygen atoms in total. The average molecular weight is 310 g/mol. The molecule has 114 valence electrons. The second kappa shape index (κ2) is 7.35. The lowest BCUT2D eigenvalue weighted by Crippen LogP contribution is -2.35. The molecule has 0 aromatic carbocycles. The first-order chi connectivity index (χ1) is 10.2. The number of amides is 1. The molecule has 2 N–H and O–H groups in total. The highest BCUT2D eigenvalue weighted by Gasteiger charge is 2.19. The average Bonchev–Trinajstić information content (AvgIpc) is 3.11. The molecule has 0 saturated heterocycles. The van der Waals surface area contributed by atoms with Crippen LogP contribution in [0, 0.1) is 6.92 Å². The molecule has 0 saturated carbocycles. The second-order valence-corrected chi connectivity index (χ2v) is 5.40. The summed E-state index contributed by atoms with van der Waals surface area (Å²) < 4.78 is 5.49. The number of aryl methyl sites for hydroxylation is 1. The number of nitrogens with zero attached hydrogens (tertiary/aromatic N) is 2. The number of aromatic nitrogens is 1. The van der Waals surface area contributed by atoms with Gasteiger partial charge in [0.1, 0.15) is 11.5 Å². The van der Waals surface area contributed by atoms with E-state index in [1.54, 1.807) is 5.38 Å². The molecule has 0 spiro atoms. The first-order valence-electron chi connectivity index (χ1n) is 6.69. The number of carbonyl (C=O) groups excluding carboxylic acids is 1. The lowest BCUT2D eigenvalue weighted by atomic mass is 10.3. The Kier molecular flexibility index (Phi) is 5.49. The summed E-state index contributed by atoms with van der Waals surface area (Å²) in [4.78, 5) is 18.1. The monoisotopic (exact) mass is 310 g/mol. The van der Waals surface area contributed by atoms with Gasteiger partial charge in [-0.25, -0.2) is 4.98 Å². The predicted molar refractivity (Wildman–Crippen MR) is 79.2 cm³/mol. The van der Waals surface area contributed by atoms with Gasteiger partial charge in [-0.05, 0) is 25.5 Å². The molecule has 1 amide bonds. The van der Waals surface area contributed by atoms with E-state index in [1.165, 1.54) is 16.2 Å². The number of hydrogen-bond donors (Lipinski definition) is 2. The quantitative estimate of drug-likeness (QED) is 0.810. The molecule has 0 fully saturated rings. The van der Waals surface area contributed by atoms with Gasteiger partial charge in [-0.1, -0.05) is 0 Å². The summed E-state index contributed by atoms with van der Waals surface area (Å²) in [6, 6.07) is 3.66. The Hall–Kier alpha value is -1.70. The van der Waals surface area contributed by atoms with E-state index in [-0.39, 0.29) is 25.7 Å². The number of furan rings is 1. The highest BCUT2D eigenvalue weighted by molar-refractivity contribution is 7.13. The van der Waals surface area contributed by atoms with E-state index in [9.17, 15) is 4.79 Å². The highest BCUT2D eigenvalue weighted by Crippen LogP contribution is 2.26. The van der Waals surface area contributed by atoms with Crippen molar-refractivity contribution in [2.75, 3.05) is 26.3 Å². The largest absolute Gasteiger partial charge is 0.459 e. The molecule has 0 unspecified atom stereocenters. The Morgan fingerprint density at radius 2 is 2.14 bits per heavy atom. The molecule has 0 aliphatic rings. The van der Waals surface area contributed by atoms with Crippen molar-refractivity contribution in [2.45, 2.75) is 13.3 Å². The standard InChI is InChI=1S/C14H18N2O4S/c1-10-3-4-12(20-10)13-15-11(9-21-13)14(19)16(6-8-18)5-2-7-17/h3-4,9,17-18H,2,5-8H2,1H3. The van der Waals surface area contributed by atoms with Crippen LogP contribution >= 0.6 is 11.3 Å². The van der Waals surface area contributed by atoms with E-state index in [0.717, 1.165) is 5.76 Å². The summed E-state index contributed by atoms with van der Waals surface area (Å²) in [6.45, 7) is 2.35. The molecule has 2 aromatic heterocycles. The molecular formula is C14H18N2O4S. The molecule has 0 atom stereocenters. The van der Waals surface area contributed by atoms with Gasteiger partial charge >= 0.3 is 0 Å². The molecule has 0 aliphatic carbocycles. The van der Waals surface area contributed by atoms with Crippen LogP contribution in [-0.2, 0) is 0 Å². The zero-order valence-electron chi connectivity index (χ0n) is 11.8. The molecule has 7 heteroatoms. The molecule has 21 heavy (non-hydrogen) atoms. The van der Waals surface area contributed by atoms with Crippen molar-refractivity contribution in [1.29, 1.82) is 0 Å². The summed E-state index contributed by atoms with van der Waals surface area (Å²) in [5.74, 6) is 1.18. The van der Waals surface area contributed by atoms with Crippen LogP contribution in [0.15, 0.2) is 21.9 Å². The number of aliphatic hydroxyl groups excluding tert-OH is 2. The van der Waals surface area contributed by atoms with Crippen LogP contribution in [0.2, 0.25) is 0 Å². The molecule has 0 radical (unpaired) electrons. The van der Waals surface area contributed by atoms with E-state index in [2.05, 4.69) is 4.98 Å². The minimum Gasteiger partial charge on any atom is -0.459 e. The van der Waals surface area contributed by atoms with Crippen molar-refractivity contribution < 1.29 is 19.4 Å². The fourth-order valence-electron chi connectivity index (χ4n) is 1.89. The third kappa shape index (κ3) is 3.90. The van der Waals surface area contributed by atoms with Crippen LogP contribution in [0.4, 0.5) is 0 Å². The zero-order valence-corrected chi connectivity index (χ0v) is 12.6. The van der Waals surface area contributed by atoms with Crippen LogP contribution in [0.1, 0.15) is 22.7 Å². The summed E-state index contributed by atoms with van der Waals surface area (Å²) in [5.41, 5.74) is 0.329.